The number of aryl methyl sites for hydroxylation is 2. The van der Waals surface area contributed by atoms with Gasteiger partial charge in [0.05, 0.1) is 12.0 Å². The highest BCUT2D eigenvalue weighted by atomic mass is 16.6. The standard InChI is InChI=1S/C18H18N2O6/c1-11-4-5-13(8-12(11)2)19-17(21)10-26-18(22)15-9-14(20(23)24)6-7-16(15)25-3/h4-9H,10H2,1-3H3,(H,19,21). The molecule has 0 fully saturated rings. The minimum absolute atomic E-state index is 0.121. The molecule has 8 heteroatoms. The molecule has 0 saturated heterocycles. The molecule has 0 aliphatic carbocycles. The van der Waals surface area contributed by atoms with E-state index in [1.165, 1.54) is 19.2 Å². The number of carbonyl (C=O) groups excluding carboxylic acids is 2. The molecule has 26 heavy (non-hydrogen) atoms. The number of nitro groups is 1. The summed E-state index contributed by atoms with van der Waals surface area (Å²) in [5, 5.41) is 13.5. The van der Waals surface area contributed by atoms with E-state index in [1.807, 2.05) is 19.9 Å². The summed E-state index contributed by atoms with van der Waals surface area (Å²) in [6.07, 6.45) is 0. The molecule has 0 aliphatic heterocycles. The summed E-state index contributed by atoms with van der Waals surface area (Å²) >= 11 is 0. The number of amides is 1. The number of rotatable bonds is 6. The van der Waals surface area contributed by atoms with Gasteiger partial charge in [0.15, 0.2) is 6.61 Å². The molecule has 1 N–H and O–H groups in total. The van der Waals surface area contributed by atoms with E-state index in [9.17, 15) is 19.7 Å². The number of ether oxygens (including phenoxy) is 2. The highest BCUT2D eigenvalue weighted by Gasteiger charge is 2.19. The summed E-state index contributed by atoms with van der Waals surface area (Å²) < 4.78 is 9.94. The molecule has 0 atom stereocenters. The molecule has 1 amide bonds. The van der Waals surface area contributed by atoms with Crippen LogP contribution in [0.2, 0.25) is 0 Å². The minimum Gasteiger partial charge on any atom is -0.496 e. The molecule has 136 valence electrons. The van der Waals surface area contributed by atoms with Gasteiger partial charge in [0.25, 0.3) is 11.6 Å². The van der Waals surface area contributed by atoms with Crippen LogP contribution in [0.4, 0.5) is 11.4 Å². The lowest BCUT2D eigenvalue weighted by molar-refractivity contribution is -0.384. The Labute approximate surface area is 149 Å². The van der Waals surface area contributed by atoms with Crippen molar-refractivity contribution in [2.75, 3.05) is 19.0 Å². The van der Waals surface area contributed by atoms with Crippen LogP contribution >= 0.6 is 0 Å². The summed E-state index contributed by atoms with van der Waals surface area (Å²) in [5.41, 5.74) is 2.29. The molecular weight excluding hydrogens is 340 g/mol. The maximum absolute atomic E-state index is 12.2. The van der Waals surface area contributed by atoms with Crippen LogP contribution in [0.1, 0.15) is 21.5 Å². The predicted octanol–water partition coefficient (Wildman–Crippen LogP) is 3.02. The van der Waals surface area contributed by atoms with Gasteiger partial charge in [-0.15, -0.1) is 0 Å². The van der Waals surface area contributed by atoms with Crippen LogP contribution in [-0.4, -0.2) is 30.5 Å². The van der Waals surface area contributed by atoms with Crippen molar-refractivity contribution in [1.82, 2.24) is 0 Å². The van der Waals surface area contributed by atoms with Gasteiger partial charge in [0.2, 0.25) is 0 Å². The Morgan fingerprint density at radius 1 is 1.12 bits per heavy atom. The Hall–Kier alpha value is -3.42. The number of nitrogens with zero attached hydrogens (tertiary/aromatic N) is 1. The van der Waals surface area contributed by atoms with Crippen molar-refractivity contribution in [2.45, 2.75) is 13.8 Å². The minimum atomic E-state index is -0.888. The number of methoxy groups -OCH3 is 1. The van der Waals surface area contributed by atoms with Gasteiger partial charge in [-0.05, 0) is 43.2 Å². The molecule has 8 nitrogen and oxygen atoms in total. The molecule has 2 aromatic carbocycles. The van der Waals surface area contributed by atoms with Crippen LogP contribution in [0, 0.1) is 24.0 Å². The zero-order valence-corrected chi connectivity index (χ0v) is 14.6. The maximum Gasteiger partial charge on any atom is 0.342 e. The molecule has 2 aromatic rings. The zero-order chi connectivity index (χ0) is 19.3. The first-order valence-electron chi connectivity index (χ1n) is 7.68. The fourth-order valence-electron chi connectivity index (χ4n) is 2.19. The number of hydrogen-bond donors (Lipinski definition) is 1. The number of benzene rings is 2. The largest absolute Gasteiger partial charge is 0.496 e. The van der Waals surface area contributed by atoms with Gasteiger partial charge in [0.1, 0.15) is 11.3 Å². The highest BCUT2D eigenvalue weighted by molar-refractivity contribution is 5.97. The van der Waals surface area contributed by atoms with Gasteiger partial charge in [-0.25, -0.2) is 4.79 Å². The number of nitro benzene ring substituents is 1. The fourth-order valence-corrected chi connectivity index (χ4v) is 2.19. The lowest BCUT2D eigenvalue weighted by Gasteiger charge is -2.10. The Morgan fingerprint density at radius 3 is 2.46 bits per heavy atom. The van der Waals surface area contributed by atoms with E-state index >= 15 is 0 Å². The Bertz CT molecular complexity index is 863. The number of anilines is 1. The van der Waals surface area contributed by atoms with Gasteiger partial charge in [0, 0.05) is 17.8 Å². The third-order valence-corrected chi connectivity index (χ3v) is 3.74. The van der Waals surface area contributed by atoms with Crippen LogP contribution in [0.3, 0.4) is 0 Å². The van der Waals surface area contributed by atoms with Gasteiger partial charge in [-0.2, -0.15) is 0 Å². The molecule has 0 heterocycles. The summed E-state index contributed by atoms with van der Waals surface area (Å²) in [4.78, 5) is 34.3. The number of hydrogen-bond acceptors (Lipinski definition) is 6. The van der Waals surface area contributed by atoms with Crippen LogP contribution in [0.5, 0.6) is 5.75 Å². The molecule has 0 unspecified atom stereocenters. The SMILES string of the molecule is COc1ccc([N+](=O)[O-])cc1C(=O)OCC(=O)Nc1ccc(C)c(C)c1. The number of non-ortho nitro benzene ring substituents is 1. The Balaban J connectivity index is 2.03. The molecule has 0 saturated carbocycles. The topological polar surface area (TPSA) is 108 Å². The van der Waals surface area contributed by atoms with Crippen molar-refractivity contribution in [1.29, 1.82) is 0 Å². The van der Waals surface area contributed by atoms with E-state index in [1.54, 1.807) is 12.1 Å². The predicted molar refractivity (Wildman–Crippen MR) is 94.5 cm³/mol. The average Bonchev–Trinajstić information content (AvgIpc) is 2.62. The quantitative estimate of drug-likeness (QED) is 0.483. The van der Waals surface area contributed by atoms with Gasteiger partial charge in [-0.3, -0.25) is 14.9 Å². The number of nitrogens with one attached hydrogen (secondary N) is 1. The summed E-state index contributed by atoms with van der Waals surface area (Å²) in [7, 11) is 1.32. The summed E-state index contributed by atoms with van der Waals surface area (Å²) in [6, 6.07) is 8.96. The van der Waals surface area contributed by atoms with Gasteiger partial charge >= 0.3 is 5.97 Å². The second kappa shape index (κ2) is 8.11. The summed E-state index contributed by atoms with van der Waals surface area (Å²) in [5.74, 6) is -1.29. The van der Waals surface area contributed by atoms with Crippen molar-refractivity contribution >= 4 is 23.3 Å². The van der Waals surface area contributed by atoms with E-state index in [0.29, 0.717) is 5.69 Å². The first-order chi connectivity index (χ1) is 12.3. The Kier molecular flexibility index (Phi) is 5.90. The van der Waals surface area contributed by atoms with Crippen LogP contribution in [0.15, 0.2) is 36.4 Å². The third-order valence-electron chi connectivity index (χ3n) is 3.74. The lowest BCUT2D eigenvalue weighted by Crippen LogP contribution is -2.21. The van der Waals surface area contributed by atoms with Crippen LogP contribution in [-0.2, 0) is 9.53 Å². The van der Waals surface area contributed by atoms with Gasteiger partial charge < -0.3 is 14.8 Å². The number of esters is 1. The van der Waals surface area contributed by atoms with Crippen LogP contribution < -0.4 is 10.1 Å². The smallest absolute Gasteiger partial charge is 0.342 e. The first kappa shape index (κ1) is 18.9. The van der Waals surface area contributed by atoms with E-state index in [0.717, 1.165) is 17.2 Å². The van der Waals surface area contributed by atoms with Crippen molar-refractivity contribution < 1.29 is 24.0 Å². The Morgan fingerprint density at radius 2 is 1.85 bits per heavy atom. The van der Waals surface area contributed by atoms with E-state index in [-0.39, 0.29) is 17.0 Å². The monoisotopic (exact) mass is 358 g/mol. The zero-order valence-electron chi connectivity index (χ0n) is 14.6. The molecule has 0 aromatic heterocycles. The second-order valence-electron chi connectivity index (χ2n) is 5.57. The van der Waals surface area contributed by atoms with Crippen molar-refractivity contribution in [3.05, 3.63) is 63.2 Å². The van der Waals surface area contributed by atoms with E-state index in [4.69, 9.17) is 9.47 Å². The second-order valence-corrected chi connectivity index (χ2v) is 5.57. The molecule has 0 spiro atoms. The van der Waals surface area contributed by atoms with Crippen LogP contribution in [0.25, 0.3) is 0 Å². The normalized spacial score (nSPS) is 10.1. The van der Waals surface area contributed by atoms with Gasteiger partial charge in [-0.1, -0.05) is 6.07 Å². The van der Waals surface area contributed by atoms with Crippen molar-refractivity contribution in [2.24, 2.45) is 0 Å². The molecule has 0 bridgehead atoms. The van der Waals surface area contributed by atoms with E-state index in [2.05, 4.69) is 5.32 Å². The average molecular weight is 358 g/mol. The molecule has 2 rings (SSSR count). The fraction of sp³-hybridized carbons (Fsp3) is 0.222. The third kappa shape index (κ3) is 4.56. The molecule has 0 radical (unpaired) electrons. The maximum atomic E-state index is 12.2. The molecule has 0 aliphatic rings. The van der Waals surface area contributed by atoms with Crippen molar-refractivity contribution in [3.8, 4) is 5.75 Å². The number of carbonyl (C=O) groups is 2. The van der Waals surface area contributed by atoms with Crippen molar-refractivity contribution in [3.63, 3.8) is 0 Å². The summed E-state index contributed by atoms with van der Waals surface area (Å²) in [6.45, 7) is 3.34. The van der Waals surface area contributed by atoms with E-state index < -0.39 is 23.4 Å². The molecular formula is C18H18N2O6. The lowest BCUT2D eigenvalue weighted by atomic mass is 10.1. The highest BCUT2D eigenvalue weighted by Crippen LogP contribution is 2.24. The first-order valence-corrected chi connectivity index (χ1v) is 7.68.